The molecule has 4 aromatic carbocycles. The zero-order valence-corrected chi connectivity index (χ0v) is 21.2. The first kappa shape index (κ1) is 25.3. The van der Waals surface area contributed by atoms with E-state index in [9.17, 15) is 20.2 Å². The van der Waals surface area contributed by atoms with Gasteiger partial charge in [0, 0.05) is 45.2 Å². The number of nitrogens with zero attached hydrogens (tertiary/aromatic N) is 2. The quantitative estimate of drug-likeness (QED) is 0.171. The van der Waals surface area contributed by atoms with Gasteiger partial charge in [0.1, 0.15) is 0 Å². The summed E-state index contributed by atoms with van der Waals surface area (Å²) in [6, 6.07) is 19.1. The number of non-ortho nitro benzene ring substituents is 2. The lowest BCUT2D eigenvalue weighted by molar-refractivity contribution is -0.385. The third kappa shape index (κ3) is 5.24. The molecule has 4 aromatic rings. The van der Waals surface area contributed by atoms with Crippen LogP contribution in [0.2, 0.25) is 20.1 Å². The number of rotatable bonds is 6. The first-order chi connectivity index (χ1) is 16.7. The van der Waals surface area contributed by atoms with Gasteiger partial charge in [-0.05, 0) is 47.5 Å². The van der Waals surface area contributed by atoms with Gasteiger partial charge in [-0.3, -0.25) is 20.2 Å². The second kappa shape index (κ2) is 10.4. The molecule has 0 saturated heterocycles. The Morgan fingerprint density at radius 1 is 0.514 bits per heavy atom. The molecular formula is C24H12Cl4N2O4S. The summed E-state index contributed by atoms with van der Waals surface area (Å²) in [5, 5.41) is 23.0. The standard InChI is InChI=1S/C24H12Cl4N2O4S/c25-21-17(13-1-5-15(6-2-13)29(31)32)9-11-19(23(21)27)35-20-12-10-18(22(26)24(20)28)14-3-7-16(8-4-14)30(33)34/h1-12H. The summed E-state index contributed by atoms with van der Waals surface area (Å²) < 4.78 is 0. The predicted octanol–water partition coefficient (Wildman–Crippen LogP) is 9.60. The number of nitro benzene ring substituents is 2. The van der Waals surface area contributed by atoms with Crippen LogP contribution in [0, 0.1) is 20.2 Å². The number of hydrogen-bond donors (Lipinski definition) is 0. The summed E-state index contributed by atoms with van der Waals surface area (Å²) in [5.74, 6) is 0. The average Bonchev–Trinajstić information content (AvgIpc) is 2.85. The van der Waals surface area contributed by atoms with Crippen LogP contribution in [0.1, 0.15) is 0 Å². The summed E-state index contributed by atoms with van der Waals surface area (Å²) in [5.41, 5.74) is 2.60. The zero-order valence-electron chi connectivity index (χ0n) is 17.4. The van der Waals surface area contributed by atoms with Crippen LogP contribution in [0.15, 0.2) is 82.6 Å². The van der Waals surface area contributed by atoms with Crippen LogP contribution in [0.5, 0.6) is 0 Å². The molecule has 0 aliphatic rings. The van der Waals surface area contributed by atoms with Crippen LogP contribution in [0.3, 0.4) is 0 Å². The van der Waals surface area contributed by atoms with Gasteiger partial charge in [0.25, 0.3) is 11.4 Å². The Labute approximate surface area is 223 Å². The third-order valence-corrected chi connectivity index (χ3v) is 8.20. The summed E-state index contributed by atoms with van der Waals surface area (Å²) in [4.78, 5) is 22.1. The smallest absolute Gasteiger partial charge is 0.258 e. The minimum absolute atomic E-state index is 0.0214. The van der Waals surface area contributed by atoms with Crippen molar-refractivity contribution in [2.75, 3.05) is 0 Å². The van der Waals surface area contributed by atoms with Crippen molar-refractivity contribution < 1.29 is 9.85 Å². The van der Waals surface area contributed by atoms with Crippen LogP contribution in [0.4, 0.5) is 11.4 Å². The minimum atomic E-state index is -0.472. The molecule has 0 aliphatic heterocycles. The molecule has 0 atom stereocenters. The predicted molar refractivity (Wildman–Crippen MR) is 141 cm³/mol. The third-order valence-electron chi connectivity index (χ3n) is 5.09. The van der Waals surface area contributed by atoms with Crippen molar-refractivity contribution in [2.24, 2.45) is 0 Å². The molecule has 0 spiro atoms. The molecule has 4 rings (SSSR count). The minimum Gasteiger partial charge on any atom is -0.258 e. The first-order valence-corrected chi connectivity index (χ1v) is 12.1. The van der Waals surface area contributed by atoms with Gasteiger partial charge in [-0.2, -0.15) is 0 Å². The van der Waals surface area contributed by atoms with Gasteiger partial charge in [0.15, 0.2) is 0 Å². The molecule has 0 N–H and O–H groups in total. The number of hydrogen-bond acceptors (Lipinski definition) is 5. The lowest BCUT2D eigenvalue weighted by Gasteiger charge is -2.13. The Morgan fingerprint density at radius 3 is 1.17 bits per heavy atom. The summed E-state index contributed by atoms with van der Waals surface area (Å²) >= 11 is 27.4. The molecule has 0 amide bonds. The summed E-state index contributed by atoms with van der Waals surface area (Å²) in [6.07, 6.45) is 0. The van der Waals surface area contributed by atoms with E-state index >= 15 is 0 Å². The summed E-state index contributed by atoms with van der Waals surface area (Å²) in [7, 11) is 0. The van der Waals surface area contributed by atoms with E-state index in [1.807, 2.05) is 0 Å². The second-order valence-electron chi connectivity index (χ2n) is 7.19. The summed E-state index contributed by atoms with van der Waals surface area (Å²) in [6.45, 7) is 0. The molecule has 0 heterocycles. The number of nitro groups is 2. The van der Waals surface area contributed by atoms with Crippen LogP contribution in [0.25, 0.3) is 22.3 Å². The molecule has 0 aromatic heterocycles. The maximum absolute atomic E-state index is 10.9. The van der Waals surface area contributed by atoms with Crippen LogP contribution >= 0.6 is 58.2 Å². The molecule has 176 valence electrons. The van der Waals surface area contributed by atoms with Crippen molar-refractivity contribution in [3.05, 3.63) is 113 Å². The Kier molecular flexibility index (Phi) is 7.54. The van der Waals surface area contributed by atoms with Crippen molar-refractivity contribution >= 4 is 69.5 Å². The Balaban J connectivity index is 1.62. The second-order valence-corrected chi connectivity index (χ2v) is 9.78. The zero-order chi connectivity index (χ0) is 25.3. The normalized spacial score (nSPS) is 10.9. The lowest BCUT2D eigenvalue weighted by atomic mass is 10.1. The molecular weight excluding hydrogens is 554 g/mol. The fourth-order valence-electron chi connectivity index (χ4n) is 3.31. The van der Waals surface area contributed by atoms with Gasteiger partial charge >= 0.3 is 0 Å². The molecule has 11 heteroatoms. The highest BCUT2D eigenvalue weighted by Gasteiger charge is 2.18. The van der Waals surface area contributed by atoms with Gasteiger partial charge in [0.2, 0.25) is 0 Å². The Bertz CT molecular complexity index is 1350. The maximum atomic E-state index is 10.9. The topological polar surface area (TPSA) is 86.3 Å². The SMILES string of the molecule is O=[N+]([O-])c1ccc(-c2ccc(Sc3ccc(-c4ccc([N+](=O)[O-])cc4)c(Cl)c3Cl)c(Cl)c2Cl)cc1. The van der Waals surface area contributed by atoms with E-state index in [2.05, 4.69) is 0 Å². The molecule has 0 radical (unpaired) electrons. The van der Waals surface area contributed by atoms with E-state index in [-0.39, 0.29) is 11.4 Å². The molecule has 0 unspecified atom stereocenters. The first-order valence-electron chi connectivity index (χ1n) is 9.81. The fourth-order valence-corrected chi connectivity index (χ4v) is 5.42. The van der Waals surface area contributed by atoms with Crippen LogP contribution in [-0.4, -0.2) is 9.85 Å². The molecule has 0 aliphatic carbocycles. The average molecular weight is 566 g/mol. The highest BCUT2D eigenvalue weighted by atomic mass is 35.5. The maximum Gasteiger partial charge on any atom is 0.269 e. The highest BCUT2D eigenvalue weighted by Crippen LogP contribution is 2.46. The van der Waals surface area contributed by atoms with Crippen molar-refractivity contribution in [3.8, 4) is 22.3 Å². The molecule has 35 heavy (non-hydrogen) atoms. The van der Waals surface area contributed by atoms with Gasteiger partial charge in [-0.15, -0.1) is 0 Å². The van der Waals surface area contributed by atoms with E-state index in [4.69, 9.17) is 46.4 Å². The van der Waals surface area contributed by atoms with Gasteiger partial charge in [0.05, 0.1) is 29.9 Å². The van der Waals surface area contributed by atoms with Crippen LogP contribution in [-0.2, 0) is 0 Å². The number of halogens is 4. The lowest BCUT2D eigenvalue weighted by Crippen LogP contribution is -1.89. The monoisotopic (exact) mass is 564 g/mol. The van der Waals surface area contributed by atoms with Gasteiger partial charge in [-0.1, -0.05) is 70.3 Å². The molecule has 0 saturated carbocycles. The van der Waals surface area contributed by atoms with E-state index < -0.39 is 9.85 Å². The van der Waals surface area contributed by atoms with Crippen molar-refractivity contribution in [1.29, 1.82) is 0 Å². The van der Waals surface area contributed by atoms with E-state index in [0.29, 0.717) is 52.1 Å². The fraction of sp³-hybridized carbons (Fsp3) is 0. The largest absolute Gasteiger partial charge is 0.269 e. The van der Waals surface area contributed by atoms with Gasteiger partial charge in [-0.25, -0.2) is 0 Å². The number of benzene rings is 4. The van der Waals surface area contributed by atoms with E-state index in [1.54, 1.807) is 48.5 Å². The van der Waals surface area contributed by atoms with E-state index in [1.165, 1.54) is 36.0 Å². The van der Waals surface area contributed by atoms with Crippen molar-refractivity contribution in [1.82, 2.24) is 0 Å². The molecule has 0 fully saturated rings. The van der Waals surface area contributed by atoms with Crippen molar-refractivity contribution in [2.45, 2.75) is 9.79 Å². The van der Waals surface area contributed by atoms with Gasteiger partial charge < -0.3 is 0 Å². The molecule has 0 bridgehead atoms. The molecule has 6 nitrogen and oxygen atoms in total. The van der Waals surface area contributed by atoms with Crippen molar-refractivity contribution in [3.63, 3.8) is 0 Å². The Hall–Kier alpha value is -2.81. The van der Waals surface area contributed by atoms with E-state index in [0.717, 1.165) is 0 Å². The highest BCUT2D eigenvalue weighted by molar-refractivity contribution is 7.99. The van der Waals surface area contributed by atoms with Crippen LogP contribution < -0.4 is 0 Å². The Morgan fingerprint density at radius 2 is 0.857 bits per heavy atom.